The van der Waals surface area contributed by atoms with Crippen molar-refractivity contribution < 1.29 is 0 Å². The first kappa shape index (κ1) is 18.3. The molecule has 0 aromatic heterocycles. The van der Waals surface area contributed by atoms with Crippen LogP contribution >= 0.6 is 27.7 Å². The Balaban J connectivity index is 0.00000106. The summed E-state index contributed by atoms with van der Waals surface area (Å²) in [4.78, 5) is 14.3. The van der Waals surface area contributed by atoms with Crippen molar-refractivity contribution >= 4 is 39.5 Å². The molecule has 2 aliphatic rings. The van der Waals surface area contributed by atoms with Crippen molar-refractivity contribution in [2.45, 2.75) is 39.7 Å². The molecular weight excluding hydrogens is 348 g/mol. The first-order valence-electron chi connectivity index (χ1n) is 7.42. The SMILES string of the molecule is CC.CC/C=C(\S/C=C/Br)C1N=C(N)N(C)C2=NCCC21. The van der Waals surface area contributed by atoms with Gasteiger partial charge in [-0.3, -0.25) is 4.99 Å². The van der Waals surface area contributed by atoms with Crippen LogP contribution in [0.15, 0.2) is 31.4 Å². The molecule has 118 valence electrons. The number of halogens is 1. The number of allylic oxidation sites excluding steroid dienone is 1. The zero-order valence-corrected chi connectivity index (χ0v) is 15.6. The predicted molar refractivity (Wildman–Crippen MR) is 99.0 cm³/mol. The predicted octanol–water partition coefficient (Wildman–Crippen LogP) is 3.95. The fraction of sp³-hybridized carbons (Fsp3) is 0.600. The van der Waals surface area contributed by atoms with Crippen LogP contribution in [-0.4, -0.2) is 36.3 Å². The van der Waals surface area contributed by atoms with Crippen LogP contribution in [0.2, 0.25) is 0 Å². The number of rotatable bonds is 4. The molecule has 2 heterocycles. The van der Waals surface area contributed by atoms with Gasteiger partial charge in [-0.1, -0.05) is 42.8 Å². The van der Waals surface area contributed by atoms with E-state index in [1.165, 1.54) is 4.91 Å². The van der Waals surface area contributed by atoms with Crippen LogP contribution in [0.5, 0.6) is 0 Å². The summed E-state index contributed by atoms with van der Waals surface area (Å²) in [6, 6.07) is 0.117. The minimum Gasteiger partial charge on any atom is -0.369 e. The highest BCUT2D eigenvalue weighted by Gasteiger charge is 2.38. The maximum absolute atomic E-state index is 6.02. The van der Waals surface area contributed by atoms with Gasteiger partial charge in [0.15, 0.2) is 5.96 Å². The lowest BCUT2D eigenvalue weighted by atomic mass is 9.94. The summed E-state index contributed by atoms with van der Waals surface area (Å²) in [7, 11) is 1.95. The number of fused-ring (bicyclic) bond motifs is 1. The van der Waals surface area contributed by atoms with Gasteiger partial charge in [-0.2, -0.15) is 0 Å². The van der Waals surface area contributed by atoms with Crippen molar-refractivity contribution in [1.29, 1.82) is 0 Å². The van der Waals surface area contributed by atoms with Gasteiger partial charge in [-0.25, -0.2) is 4.99 Å². The van der Waals surface area contributed by atoms with E-state index >= 15 is 0 Å². The normalized spacial score (nSPS) is 25.2. The number of thioether (sulfide) groups is 1. The Hall–Kier alpha value is -0.750. The first-order chi connectivity index (χ1) is 10.2. The van der Waals surface area contributed by atoms with Crippen molar-refractivity contribution in [2.75, 3.05) is 13.6 Å². The molecule has 6 heteroatoms. The summed E-state index contributed by atoms with van der Waals surface area (Å²) >= 11 is 5.01. The third-order valence-electron chi connectivity index (χ3n) is 3.34. The average molecular weight is 373 g/mol. The summed E-state index contributed by atoms with van der Waals surface area (Å²) in [5, 5.41) is 2.03. The lowest BCUT2D eigenvalue weighted by molar-refractivity contribution is 0.521. The average Bonchev–Trinajstić information content (AvgIpc) is 2.99. The molecule has 0 aromatic rings. The molecule has 0 saturated carbocycles. The van der Waals surface area contributed by atoms with Gasteiger partial charge in [0.05, 0.1) is 6.04 Å². The second kappa shape index (κ2) is 9.30. The zero-order chi connectivity index (χ0) is 15.8. The molecular formula is C15H25BrN4S. The highest BCUT2D eigenvalue weighted by atomic mass is 79.9. The lowest BCUT2D eigenvalue weighted by Crippen LogP contribution is -2.49. The highest BCUT2D eigenvalue weighted by Crippen LogP contribution is 2.35. The van der Waals surface area contributed by atoms with Crippen LogP contribution in [-0.2, 0) is 0 Å². The van der Waals surface area contributed by atoms with E-state index in [0.717, 1.165) is 25.2 Å². The number of nitrogens with two attached hydrogens (primary N) is 1. The number of amidine groups is 1. The second-order valence-electron chi connectivity index (χ2n) is 4.52. The van der Waals surface area contributed by atoms with E-state index in [1.54, 1.807) is 11.8 Å². The molecule has 2 rings (SSSR count). The summed E-state index contributed by atoms with van der Waals surface area (Å²) < 4.78 is 0. The molecule has 2 unspecified atom stereocenters. The Kier molecular flexibility index (Phi) is 8.11. The van der Waals surface area contributed by atoms with E-state index in [1.807, 2.05) is 36.2 Å². The molecule has 0 amide bonds. The Bertz CT molecular complexity index is 457. The maximum atomic E-state index is 6.02. The molecule has 0 fully saturated rings. The number of hydrogen-bond acceptors (Lipinski definition) is 5. The third kappa shape index (κ3) is 4.36. The van der Waals surface area contributed by atoms with Crippen molar-refractivity contribution in [2.24, 2.45) is 21.6 Å². The molecule has 0 bridgehead atoms. The topological polar surface area (TPSA) is 54.0 Å². The van der Waals surface area contributed by atoms with E-state index in [-0.39, 0.29) is 6.04 Å². The van der Waals surface area contributed by atoms with Gasteiger partial charge in [0.2, 0.25) is 0 Å². The summed E-state index contributed by atoms with van der Waals surface area (Å²) in [6.07, 6.45) is 4.29. The molecule has 4 nitrogen and oxygen atoms in total. The van der Waals surface area contributed by atoms with Crippen molar-refractivity contribution in [3.05, 3.63) is 21.4 Å². The first-order valence-corrected chi connectivity index (χ1v) is 9.21. The van der Waals surface area contributed by atoms with Crippen LogP contribution in [0.1, 0.15) is 33.6 Å². The molecule has 0 saturated heterocycles. The van der Waals surface area contributed by atoms with Crippen molar-refractivity contribution in [1.82, 2.24) is 4.90 Å². The molecule has 2 aliphatic heterocycles. The number of hydrogen-bond donors (Lipinski definition) is 1. The van der Waals surface area contributed by atoms with Crippen LogP contribution in [0.3, 0.4) is 0 Å². The monoisotopic (exact) mass is 372 g/mol. The van der Waals surface area contributed by atoms with Crippen LogP contribution < -0.4 is 5.73 Å². The summed E-state index contributed by atoms with van der Waals surface area (Å²) in [6.45, 7) is 7.02. The van der Waals surface area contributed by atoms with E-state index < -0.39 is 0 Å². The van der Waals surface area contributed by atoms with Crippen LogP contribution in [0.25, 0.3) is 0 Å². The van der Waals surface area contributed by atoms with E-state index in [4.69, 9.17) is 5.73 Å². The largest absolute Gasteiger partial charge is 0.369 e. The lowest BCUT2D eigenvalue weighted by Gasteiger charge is -2.33. The van der Waals surface area contributed by atoms with Gasteiger partial charge in [-0.15, -0.1) is 11.8 Å². The highest BCUT2D eigenvalue weighted by molar-refractivity contribution is 9.11. The van der Waals surface area contributed by atoms with Crippen LogP contribution in [0.4, 0.5) is 0 Å². The van der Waals surface area contributed by atoms with Gasteiger partial charge >= 0.3 is 0 Å². The van der Waals surface area contributed by atoms with E-state index in [9.17, 15) is 0 Å². The van der Waals surface area contributed by atoms with Gasteiger partial charge < -0.3 is 10.6 Å². The Morgan fingerprint density at radius 1 is 1.52 bits per heavy atom. The third-order valence-corrected chi connectivity index (χ3v) is 4.90. The van der Waals surface area contributed by atoms with E-state index in [2.05, 4.69) is 38.9 Å². The molecule has 0 aromatic carbocycles. The standard InChI is InChI=1S/C13H19BrN4S.C2H6/c1-3-4-10(19-8-6-14)11-9-5-7-16-12(9)18(2)13(15)17-11;1-2/h4,6,8-9,11H,3,5,7H2,1-2H3,(H2,15,17);1-2H3/b8-6+,10-4-;. The molecule has 0 aliphatic carbocycles. The molecule has 0 radical (unpaired) electrons. The minimum absolute atomic E-state index is 0.117. The van der Waals surface area contributed by atoms with Gasteiger partial charge in [0.1, 0.15) is 5.84 Å². The van der Waals surface area contributed by atoms with Gasteiger partial charge in [0.25, 0.3) is 0 Å². The molecule has 21 heavy (non-hydrogen) atoms. The summed E-state index contributed by atoms with van der Waals surface area (Å²) in [5.41, 5.74) is 6.02. The fourth-order valence-corrected chi connectivity index (χ4v) is 3.61. The Morgan fingerprint density at radius 2 is 2.24 bits per heavy atom. The number of nitrogens with zero attached hydrogens (tertiary/aromatic N) is 3. The Morgan fingerprint density at radius 3 is 2.86 bits per heavy atom. The second-order valence-corrected chi connectivity index (χ2v) is 6.03. The minimum atomic E-state index is 0.117. The summed E-state index contributed by atoms with van der Waals surface area (Å²) in [5.74, 6) is 2.02. The number of guanidine groups is 1. The van der Waals surface area contributed by atoms with Crippen LogP contribution in [0, 0.1) is 5.92 Å². The van der Waals surface area contributed by atoms with Gasteiger partial charge in [-0.05, 0) is 23.2 Å². The smallest absolute Gasteiger partial charge is 0.197 e. The maximum Gasteiger partial charge on any atom is 0.197 e. The molecule has 0 spiro atoms. The van der Waals surface area contributed by atoms with Crippen molar-refractivity contribution in [3.63, 3.8) is 0 Å². The van der Waals surface area contributed by atoms with E-state index in [0.29, 0.717) is 11.9 Å². The van der Waals surface area contributed by atoms with Gasteiger partial charge in [0, 0.05) is 24.4 Å². The molecule has 2 N–H and O–H groups in total. The zero-order valence-electron chi connectivity index (χ0n) is 13.2. The Labute approximate surface area is 140 Å². The fourth-order valence-electron chi connectivity index (χ4n) is 2.46. The van der Waals surface area contributed by atoms with Crippen molar-refractivity contribution in [3.8, 4) is 0 Å². The number of aliphatic imine (C=N–C) groups is 2. The quantitative estimate of drug-likeness (QED) is 0.812. The molecule has 2 atom stereocenters.